The molecule has 0 aliphatic heterocycles. The van der Waals surface area contributed by atoms with Crippen LogP contribution in [0.3, 0.4) is 0 Å². The largest absolute Gasteiger partial charge is 0.389 e. The van der Waals surface area contributed by atoms with Crippen LogP contribution in [0.25, 0.3) is 0 Å². The highest BCUT2D eigenvalue weighted by Crippen LogP contribution is 2.21. The number of amides is 2. The summed E-state index contributed by atoms with van der Waals surface area (Å²) in [7, 11) is 0. The summed E-state index contributed by atoms with van der Waals surface area (Å²) >= 11 is 6.93. The van der Waals surface area contributed by atoms with Crippen molar-refractivity contribution in [3.05, 3.63) is 24.5 Å². The lowest BCUT2D eigenvalue weighted by molar-refractivity contribution is -0.129. The van der Waals surface area contributed by atoms with E-state index < -0.39 is 24.7 Å². The van der Waals surface area contributed by atoms with Crippen molar-refractivity contribution in [1.82, 2.24) is 15.2 Å². The van der Waals surface area contributed by atoms with Crippen LogP contribution in [-0.2, 0) is 0 Å². The number of halogens is 4. The van der Waals surface area contributed by atoms with Gasteiger partial charge in [0.25, 0.3) is 0 Å². The molecule has 1 heterocycles. The summed E-state index contributed by atoms with van der Waals surface area (Å²) in [5.41, 5.74) is 0.554. The van der Waals surface area contributed by atoms with Crippen molar-refractivity contribution in [2.45, 2.75) is 25.6 Å². The van der Waals surface area contributed by atoms with E-state index in [1.165, 1.54) is 17.3 Å². The molecule has 1 aromatic rings. The van der Waals surface area contributed by atoms with Crippen molar-refractivity contribution in [2.24, 2.45) is 4.99 Å². The molecule has 0 fully saturated rings. The van der Waals surface area contributed by atoms with E-state index in [0.717, 1.165) is 11.8 Å². The van der Waals surface area contributed by atoms with E-state index in [-0.39, 0.29) is 24.0 Å². The second-order valence-electron chi connectivity index (χ2n) is 5.28. The zero-order valence-corrected chi connectivity index (χ0v) is 16.2. The van der Waals surface area contributed by atoms with Crippen molar-refractivity contribution in [2.75, 3.05) is 24.6 Å². The Kier molecular flexibility index (Phi) is 10.2. The van der Waals surface area contributed by atoms with Crippen LogP contribution in [-0.4, -0.2) is 64.1 Å². The summed E-state index contributed by atoms with van der Waals surface area (Å²) in [5, 5.41) is 10.0. The number of aromatic nitrogens is 1. The quantitative estimate of drug-likeness (QED) is 0.439. The molecule has 0 saturated heterocycles. The predicted octanol–water partition coefficient (Wildman–Crippen LogP) is 4.09. The Morgan fingerprint density at radius 2 is 2.26 bits per heavy atom. The van der Waals surface area contributed by atoms with Crippen molar-refractivity contribution in [1.29, 1.82) is 5.41 Å². The fraction of sp³-hybridized carbons (Fsp3) is 0.500. The highest BCUT2D eigenvalue weighted by molar-refractivity contribution is 7.99. The van der Waals surface area contributed by atoms with Crippen molar-refractivity contribution in [3.8, 4) is 0 Å². The molecular weight excluding hydrogens is 403 g/mol. The number of carbonyl (C=O) groups excluding carboxylic acids is 1. The van der Waals surface area contributed by atoms with Gasteiger partial charge in [-0.1, -0.05) is 11.6 Å². The molecule has 150 valence electrons. The first-order chi connectivity index (χ1) is 12.7. The summed E-state index contributed by atoms with van der Waals surface area (Å²) in [5.74, 6) is 0.301. The molecule has 6 nitrogen and oxygen atoms in total. The molecule has 0 radical (unpaired) electrons. The molecule has 1 aromatic heterocycles. The number of carbonyl (C=O) groups is 1. The van der Waals surface area contributed by atoms with Gasteiger partial charge < -0.3 is 10.2 Å². The van der Waals surface area contributed by atoms with Crippen molar-refractivity contribution >= 4 is 46.5 Å². The molecule has 0 aliphatic carbocycles. The first kappa shape index (κ1) is 23.2. The van der Waals surface area contributed by atoms with Gasteiger partial charge in [0.15, 0.2) is 0 Å². The Hall–Kier alpha value is -1.81. The Labute approximate surface area is 165 Å². The molecule has 0 spiro atoms. The van der Waals surface area contributed by atoms with Gasteiger partial charge in [-0.15, -0.1) is 0 Å². The van der Waals surface area contributed by atoms with Gasteiger partial charge in [0.2, 0.25) is 0 Å². The third-order valence-electron chi connectivity index (χ3n) is 3.26. The normalized spacial score (nSPS) is 12.8. The smallest absolute Gasteiger partial charge is 0.337 e. The van der Waals surface area contributed by atoms with Crippen LogP contribution in [0.4, 0.5) is 23.7 Å². The van der Waals surface area contributed by atoms with Crippen LogP contribution in [0.15, 0.2) is 29.5 Å². The topological polar surface area (TPSA) is 81.4 Å². The van der Waals surface area contributed by atoms with Gasteiger partial charge in [-0.3, -0.25) is 15.4 Å². The van der Waals surface area contributed by atoms with E-state index in [4.69, 9.17) is 17.0 Å². The lowest BCUT2D eigenvalue weighted by Gasteiger charge is -2.27. The molecule has 0 aliphatic rings. The molecular formula is C16H21ClF3N5OS. The van der Waals surface area contributed by atoms with Crippen LogP contribution in [0.1, 0.15) is 13.3 Å². The van der Waals surface area contributed by atoms with Gasteiger partial charge in [0.1, 0.15) is 11.2 Å². The van der Waals surface area contributed by atoms with Gasteiger partial charge >= 0.3 is 12.2 Å². The maximum Gasteiger partial charge on any atom is 0.389 e. The van der Waals surface area contributed by atoms with Crippen molar-refractivity contribution < 1.29 is 18.0 Å². The average Bonchev–Trinajstić information content (AvgIpc) is 2.61. The monoisotopic (exact) mass is 423 g/mol. The van der Waals surface area contributed by atoms with Gasteiger partial charge in [0.05, 0.1) is 18.3 Å². The van der Waals surface area contributed by atoms with E-state index in [1.54, 1.807) is 25.3 Å². The number of aliphatic imine (C=N–C) groups is 1. The maximum absolute atomic E-state index is 12.3. The standard InChI is InChI=1S/C16H21ClF3N5OS/c1-2-25(15(26)23-7-9-27-8-5-16(18,19)20)13(14(17)21)11-24-12-4-3-6-22-10-12/h3-4,6,10-11,13,21H,2,5,7-9H2,1H3,(H,23,26). The Morgan fingerprint density at radius 1 is 1.52 bits per heavy atom. The molecule has 2 N–H and O–H groups in total. The number of nitrogens with zero attached hydrogens (tertiary/aromatic N) is 3. The van der Waals surface area contributed by atoms with Crippen molar-refractivity contribution in [3.63, 3.8) is 0 Å². The third kappa shape index (κ3) is 9.62. The zero-order valence-electron chi connectivity index (χ0n) is 14.7. The predicted molar refractivity (Wildman–Crippen MR) is 104 cm³/mol. The summed E-state index contributed by atoms with van der Waals surface area (Å²) in [6.45, 7) is 2.20. The molecule has 2 amide bonds. The summed E-state index contributed by atoms with van der Waals surface area (Å²) in [6.07, 6.45) is -0.522. The molecule has 0 aromatic carbocycles. The fourth-order valence-corrected chi connectivity index (χ4v) is 2.96. The average molecular weight is 424 g/mol. The SMILES string of the molecule is CCN(C(=O)NCCSCCC(F)(F)F)C(C=Nc1cccnc1)C(=N)Cl. The van der Waals surface area contributed by atoms with Gasteiger partial charge in [-0.25, -0.2) is 4.79 Å². The van der Waals surface area contributed by atoms with Crippen LogP contribution in [0, 0.1) is 5.41 Å². The second kappa shape index (κ2) is 11.8. The number of alkyl halides is 3. The minimum atomic E-state index is -4.17. The highest BCUT2D eigenvalue weighted by atomic mass is 35.5. The first-order valence-corrected chi connectivity index (χ1v) is 9.65. The number of rotatable bonds is 10. The Bertz CT molecular complexity index is 630. The van der Waals surface area contributed by atoms with E-state index in [9.17, 15) is 18.0 Å². The minimum Gasteiger partial charge on any atom is -0.337 e. The number of pyridine rings is 1. The highest BCUT2D eigenvalue weighted by Gasteiger charge is 2.26. The number of urea groups is 1. The molecule has 0 saturated carbocycles. The Morgan fingerprint density at radius 3 is 2.81 bits per heavy atom. The second-order valence-corrected chi connectivity index (χ2v) is 6.91. The number of thioether (sulfide) groups is 1. The van der Waals surface area contributed by atoms with Crippen LogP contribution >= 0.6 is 23.4 Å². The molecule has 1 rings (SSSR count). The van der Waals surface area contributed by atoms with Crippen LogP contribution < -0.4 is 5.32 Å². The number of hydrogen-bond donors (Lipinski definition) is 2. The Balaban J connectivity index is 2.55. The van der Waals surface area contributed by atoms with E-state index in [1.807, 2.05) is 0 Å². The fourth-order valence-electron chi connectivity index (χ4n) is 1.96. The van der Waals surface area contributed by atoms with E-state index >= 15 is 0 Å². The van der Waals surface area contributed by atoms with Crippen LogP contribution in [0.5, 0.6) is 0 Å². The summed E-state index contributed by atoms with van der Waals surface area (Å²) in [4.78, 5) is 21.7. The lowest BCUT2D eigenvalue weighted by Crippen LogP contribution is -2.49. The molecule has 1 unspecified atom stereocenters. The van der Waals surface area contributed by atoms with Crippen LogP contribution in [0.2, 0.25) is 0 Å². The first-order valence-electron chi connectivity index (χ1n) is 8.11. The van der Waals surface area contributed by atoms with Gasteiger partial charge in [-0.05, 0) is 19.1 Å². The summed E-state index contributed by atoms with van der Waals surface area (Å²) in [6, 6.07) is 2.10. The number of nitrogens with one attached hydrogen (secondary N) is 2. The summed E-state index contributed by atoms with van der Waals surface area (Å²) < 4.78 is 36.2. The van der Waals surface area contributed by atoms with Gasteiger partial charge in [0, 0.05) is 37.0 Å². The minimum absolute atomic E-state index is 0.0520. The molecule has 27 heavy (non-hydrogen) atoms. The van der Waals surface area contributed by atoms with E-state index in [0.29, 0.717) is 11.4 Å². The molecule has 1 atom stereocenters. The third-order valence-corrected chi connectivity index (χ3v) is 4.47. The number of hydrogen-bond acceptors (Lipinski definition) is 5. The molecule has 11 heteroatoms. The van der Waals surface area contributed by atoms with E-state index in [2.05, 4.69) is 15.3 Å². The maximum atomic E-state index is 12.3. The zero-order chi connectivity index (χ0) is 20.3. The molecule has 0 bridgehead atoms. The lowest BCUT2D eigenvalue weighted by atomic mass is 10.3. The van der Waals surface area contributed by atoms with Gasteiger partial charge in [-0.2, -0.15) is 24.9 Å².